The van der Waals surface area contributed by atoms with Crippen molar-refractivity contribution in [3.63, 3.8) is 0 Å². The Labute approximate surface area is 166 Å². The average molecular weight is 451 g/mol. The third-order valence-electron chi connectivity index (χ3n) is 4.80. The van der Waals surface area contributed by atoms with Crippen molar-refractivity contribution in [2.45, 2.75) is 24.2 Å². The summed E-state index contributed by atoms with van der Waals surface area (Å²) in [7, 11) is -2.36. The summed E-state index contributed by atoms with van der Waals surface area (Å²) in [6.45, 7) is 0.517. The number of hydrogen-bond donors (Lipinski definition) is 1. The average Bonchev–Trinajstić information content (AvgIpc) is 3.40. The molecule has 1 aliphatic carbocycles. The van der Waals surface area contributed by atoms with Gasteiger partial charge in [-0.3, -0.25) is 9.52 Å². The normalized spacial score (nSPS) is 16.1. The van der Waals surface area contributed by atoms with Crippen LogP contribution in [0.2, 0.25) is 0 Å². The van der Waals surface area contributed by atoms with Gasteiger partial charge in [-0.25, -0.2) is 8.42 Å². The summed E-state index contributed by atoms with van der Waals surface area (Å²) in [5.74, 6) is 0.607. The Bertz CT molecular complexity index is 1020. The van der Waals surface area contributed by atoms with E-state index in [4.69, 9.17) is 4.74 Å². The largest absolute Gasteiger partial charge is 0.497 e. The Hall–Kier alpha value is -2.06. The molecule has 27 heavy (non-hydrogen) atoms. The molecule has 0 spiro atoms. The molecule has 2 aromatic carbocycles. The van der Waals surface area contributed by atoms with Crippen LogP contribution in [0, 0.1) is 5.92 Å². The molecule has 1 aliphatic heterocycles. The van der Waals surface area contributed by atoms with E-state index in [-0.39, 0.29) is 16.7 Å². The smallest absolute Gasteiger partial charge is 0.264 e. The number of ether oxygens (including phenoxy) is 1. The molecular formula is C19H19BrN2O4S. The lowest BCUT2D eigenvalue weighted by atomic mass is 10.2. The second kappa shape index (κ2) is 6.83. The van der Waals surface area contributed by atoms with Gasteiger partial charge in [0.1, 0.15) is 10.6 Å². The van der Waals surface area contributed by atoms with Gasteiger partial charge in [0.25, 0.3) is 10.0 Å². The number of sulfonamides is 1. The first-order chi connectivity index (χ1) is 12.9. The number of hydrogen-bond acceptors (Lipinski definition) is 4. The van der Waals surface area contributed by atoms with Crippen molar-refractivity contribution in [2.24, 2.45) is 5.92 Å². The van der Waals surface area contributed by atoms with Crippen LogP contribution >= 0.6 is 15.9 Å². The van der Waals surface area contributed by atoms with Crippen LogP contribution in [-0.4, -0.2) is 28.0 Å². The number of benzene rings is 2. The lowest BCUT2D eigenvalue weighted by Crippen LogP contribution is -2.31. The Morgan fingerprint density at radius 3 is 2.74 bits per heavy atom. The second-order valence-corrected chi connectivity index (χ2v) is 9.33. The van der Waals surface area contributed by atoms with Crippen molar-refractivity contribution in [1.82, 2.24) is 0 Å². The number of nitrogens with zero attached hydrogens (tertiary/aromatic N) is 1. The maximum Gasteiger partial charge on any atom is 0.264 e. The Morgan fingerprint density at radius 1 is 1.26 bits per heavy atom. The summed E-state index contributed by atoms with van der Waals surface area (Å²) in [4.78, 5) is 14.4. The predicted molar refractivity (Wildman–Crippen MR) is 107 cm³/mol. The molecule has 2 aliphatic rings. The van der Waals surface area contributed by atoms with E-state index in [1.807, 2.05) is 6.07 Å². The van der Waals surface area contributed by atoms with Crippen molar-refractivity contribution in [3.05, 3.63) is 46.4 Å². The Balaban J connectivity index is 1.75. The molecule has 1 N–H and O–H groups in total. The van der Waals surface area contributed by atoms with Crippen molar-refractivity contribution in [2.75, 3.05) is 23.3 Å². The molecule has 4 rings (SSSR count). The number of rotatable bonds is 5. The highest BCUT2D eigenvalue weighted by molar-refractivity contribution is 9.10. The summed E-state index contributed by atoms with van der Waals surface area (Å²) in [5.41, 5.74) is 1.77. The van der Waals surface area contributed by atoms with Crippen molar-refractivity contribution < 1.29 is 17.9 Å². The lowest BCUT2D eigenvalue weighted by Gasteiger charge is -2.21. The number of nitrogens with one attached hydrogen (secondary N) is 1. The molecule has 0 atom stereocenters. The van der Waals surface area contributed by atoms with E-state index >= 15 is 0 Å². The first kappa shape index (κ1) is 18.3. The van der Waals surface area contributed by atoms with Gasteiger partial charge in [0.05, 0.1) is 18.5 Å². The van der Waals surface area contributed by atoms with Gasteiger partial charge in [0.15, 0.2) is 0 Å². The van der Waals surface area contributed by atoms with Gasteiger partial charge in [0, 0.05) is 23.0 Å². The number of carbonyl (C=O) groups excluding carboxylic acids is 1. The van der Waals surface area contributed by atoms with Crippen LogP contribution in [0.4, 0.5) is 11.4 Å². The fourth-order valence-electron chi connectivity index (χ4n) is 3.34. The van der Waals surface area contributed by atoms with Gasteiger partial charge in [-0.1, -0.05) is 22.0 Å². The molecule has 6 nitrogen and oxygen atoms in total. The lowest BCUT2D eigenvalue weighted by molar-refractivity contribution is -0.119. The summed E-state index contributed by atoms with van der Waals surface area (Å²) < 4.78 is 34.7. The van der Waals surface area contributed by atoms with Crippen LogP contribution in [0.5, 0.6) is 5.75 Å². The second-order valence-electron chi connectivity index (χ2n) is 6.76. The zero-order valence-corrected chi connectivity index (χ0v) is 17.1. The minimum atomic E-state index is -3.89. The van der Waals surface area contributed by atoms with Gasteiger partial charge in [-0.05, 0) is 49.1 Å². The van der Waals surface area contributed by atoms with Crippen LogP contribution < -0.4 is 14.4 Å². The van der Waals surface area contributed by atoms with Gasteiger partial charge < -0.3 is 9.64 Å². The van der Waals surface area contributed by atoms with E-state index in [0.29, 0.717) is 34.6 Å². The Kier molecular flexibility index (Phi) is 4.63. The molecule has 8 heteroatoms. The topological polar surface area (TPSA) is 75.7 Å². The third kappa shape index (κ3) is 3.55. The van der Waals surface area contributed by atoms with E-state index in [1.54, 1.807) is 35.2 Å². The predicted octanol–water partition coefficient (Wildman–Crippen LogP) is 3.56. The van der Waals surface area contributed by atoms with E-state index in [1.165, 1.54) is 7.11 Å². The molecular weight excluding hydrogens is 432 g/mol. The molecule has 1 heterocycles. The number of methoxy groups -OCH3 is 1. The molecule has 0 radical (unpaired) electrons. The quantitative estimate of drug-likeness (QED) is 0.755. The molecule has 0 unspecified atom stereocenters. The zero-order valence-electron chi connectivity index (χ0n) is 14.7. The number of amides is 1. The van der Waals surface area contributed by atoms with Crippen LogP contribution in [0.3, 0.4) is 0 Å². The van der Waals surface area contributed by atoms with Gasteiger partial charge >= 0.3 is 0 Å². The van der Waals surface area contributed by atoms with E-state index in [9.17, 15) is 13.2 Å². The third-order valence-corrected chi connectivity index (χ3v) is 6.65. The highest BCUT2D eigenvalue weighted by Gasteiger charge is 2.39. The first-order valence-electron chi connectivity index (χ1n) is 8.70. The van der Waals surface area contributed by atoms with Gasteiger partial charge in [-0.15, -0.1) is 0 Å². The van der Waals surface area contributed by atoms with Gasteiger partial charge in [0.2, 0.25) is 5.91 Å². The molecule has 1 fully saturated rings. The summed E-state index contributed by atoms with van der Waals surface area (Å²) in [6, 6.07) is 10.2. The molecule has 1 saturated carbocycles. The standard InChI is InChI=1S/C19H19BrN2O4S/c1-26-16-4-2-3-15(11-16)21-27(24,25)17-10-14(20)9-13-7-8-22(18(13)17)19(23)12-5-6-12/h2-4,9-12,21H,5-8H2,1H3. The molecule has 1 amide bonds. The highest BCUT2D eigenvalue weighted by atomic mass is 79.9. The molecule has 0 bridgehead atoms. The number of anilines is 2. The number of halogens is 1. The minimum Gasteiger partial charge on any atom is -0.497 e. The summed E-state index contributed by atoms with van der Waals surface area (Å²) in [6.07, 6.45) is 2.41. The number of carbonyl (C=O) groups is 1. The van der Waals surface area contributed by atoms with Crippen molar-refractivity contribution in [1.29, 1.82) is 0 Å². The summed E-state index contributed by atoms with van der Waals surface area (Å²) >= 11 is 3.40. The van der Waals surface area contributed by atoms with Crippen LogP contribution in [0.1, 0.15) is 18.4 Å². The van der Waals surface area contributed by atoms with E-state index < -0.39 is 10.0 Å². The van der Waals surface area contributed by atoms with Crippen LogP contribution in [0.15, 0.2) is 45.8 Å². The van der Waals surface area contributed by atoms with Crippen LogP contribution in [0.25, 0.3) is 0 Å². The maximum atomic E-state index is 13.2. The molecule has 2 aromatic rings. The monoisotopic (exact) mass is 450 g/mol. The number of fused-ring (bicyclic) bond motifs is 1. The highest BCUT2D eigenvalue weighted by Crippen LogP contribution is 2.41. The first-order valence-corrected chi connectivity index (χ1v) is 11.0. The van der Waals surface area contributed by atoms with E-state index in [2.05, 4.69) is 20.7 Å². The molecule has 142 valence electrons. The zero-order chi connectivity index (χ0) is 19.2. The summed E-state index contributed by atoms with van der Waals surface area (Å²) in [5, 5.41) is 0. The van der Waals surface area contributed by atoms with Gasteiger partial charge in [-0.2, -0.15) is 0 Å². The maximum absolute atomic E-state index is 13.2. The fourth-order valence-corrected chi connectivity index (χ4v) is 5.32. The SMILES string of the molecule is COc1cccc(NS(=O)(=O)c2cc(Br)cc3c2N(C(=O)C2CC2)CC3)c1. The van der Waals surface area contributed by atoms with Crippen molar-refractivity contribution in [3.8, 4) is 5.75 Å². The van der Waals surface area contributed by atoms with Crippen LogP contribution in [-0.2, 0) is 21.2 Å². The molecule has 0 saturated heterocycles. The van der Waals surface area contributed by atoms with E-state index in [0.717, 1.165) is 18.4 Å². The molecule has 0 aromatic heterocycles. The minimum absolute atomic E-state index is 0.0221. The van der Waals surface area contributed by atoms with Crippen molar-refractivity contribution >= 4 is 43.2 Å². The Morgan fingerprint density at radius 2 is 2.04 bits per heavy atom. The fraction of sp³-hybridized carbons (Fsp3) is 0.316.